The number of fused-ring (bicyclic) bond motifs is 2. The lowest BCUT2D eigenvalue weighted by Gasteiger charge is -2.09. The molecule has 0 radical (unpaired) electrons. The zero-order chi connectivity index (χ0) is 28.2. The minimum Gasteiger partial charge on any atom is -0.475 e. The number of H-pyrrole nitrogens is 1. The van der Waals surface area contributed by atoms with Crippen LogP contribution in [0.25, 0.3) is 28.5 Å². The monoisotopic (exact) mass is 611 g/mol. The van der Waals surface area contributed by atoms with Crippen molar-refractivity contribution in [3.63, 3.8) is 0 Å². The lowest BCUT2D eigenvalue weighted by atomic mass is 10.2. The van der Waals surface area contributed by atoms with Gasteiger partial charge in [0.25, 0.3) is 11.4 Å². The van der Waals surface area contributed by atoms with Gasteiger partial charge in [-0.15, -0.1) is 10.2 Å². The Morgan fingerprint density at radius 1 is 1.18 bits per heavy atom. The second kappa shape index (κ2) is 11.7. The fraction of sp³-hybridized carbons (Fsp3) is 0.364. The third-order valence-corrected chi connectivity index (χ3v) is 5.81. The number of aromatic amines is 1. The molecule has 5 heterocycles. The van der Waals surface area contributed by atoms with Crippen molar-refractivity contribution in [3.8, 4) is 11.6 Å². The molecule has 0 saturated carbocycles. The summed E-state index contributed by atoms with van der Waals surface area (Å²) in [4.78, 5) is 38.2. The van der Waals surface area contributed by atoms with E-state index >= 15 is 0 Å². The summed E-state index contributed by atoms with van der Waals surface area (Å²) in [5, 5.41) is 19.8. The van der Waals surface area contributed by atoms with E-state index in [1.807, 2.05) is 16.7 Å². The van der Waals surface area contributed by atoms with E-state index < -0.39 is 12.1 Å². The van der Waals surface area contributed by atoms with E-state index in [1.54, 1.807) is 16.7 Å². The normalized spacial score (nSPS) is 11.6. The molecule has 0 atom stereocenters. The van der Waals surface area contributed by atoms with Crippen LogP contribution in [0, 0.1) is 0 Å². The molecule has 5 rings (SSSR count). The number of carboxylic acids is 1. The first-order valence-electron chi connectivity index (χ1n) is 11.7. The minimum absolute atomic E-state index is 0.234. The highest BCUT2D eigenvalue weighted by Crippen LogP contribution is 2.18. The molecular formula is C22H21BrF3N9O4. The van der Waals surface area contributed by atoms with Gasteiger partial charge in [-0.05, 0) is 34.5 Å². The second-order valence-corrected chi connectivity index (χ2v) is 8.93. The average Bonchev–Trinajstić information content (AvgIpc) is 3.64. The predicted molar refractivity (Wildman–Crippen MR) is 133 cm³/mol. The van der Waals surface area contributed by atoms with Crippen molar-refractivity contribution in [2.75, 3.05) is 0 Å². The number of alkyl halides is 3. The number of hydrogen-bond acceptors (Lipinski definition) is 9. The molecule has 0 aliphatic rings. The van der Waals surface area contributed by atoms with Gasteiger partial charge in [-0.25, -0.2) is 14.2 Å². The van der Waals surface area contributed by atoms with Crippen LogP contribution in [-0.2, 0) is 24.2 Å². The topological polar surface area (TPSA) is 170 Å². The number of unbranched alkanes of at least 4 members (excludes halogenated alkanes) is 2. The number of nitrogens with zero attached hydrogens (tertiary/aromatic N) is 8. The number of nitrogens with one attached hydrogen (secondary N) is 1. The Morgan fingerprint density at radius 2 is 1.95 bits per heavy atom. The Balaban J connectivity index is 0.000000448. The zero-order valence-electron chi connectivity index (χ0n) is 20.3. The van der Waals surface area contributed by atoms with Crippen molar-refractivity contribution >= 4 is 38.8 Å². The Bertz CT molecular complexity index is 1640. The number of pyridine rings is 1. The summed E-state index contributed by atoms with van der Waals surface area (Å²) < 4.78 is 41.0. The fourth-order valence-electron chi connectivity index (χ4n) is 3.64. The number of carboxylic acid groups (broad SMARTS) is 1. The highest BCUT2D eigenvalue weighted by atomic mass is 79.9. The molecule has 0 aromatic carbocycles. The van der Waals surface area contributed by atoms with E-state index in [2.05, 4.69) is 58.1 Å². The number of rotatable bonds is 8. The van der Waals surface area contributed by atoms with E-state index in [0.29, 0.717) is 64.3 Å². The molecule has 0 unspecified atom stereocenters. The zero-order valence-corrected chi connectivity index (χ0v) is 21.9. The summed E-state index contributed by atoms with van der Waals surface area (Å²) in [6.07, 6.45) is 0.567. The maximum absolute atomic E-state index is 13.2. The quantitative estimate of drug-likeness (QED) is 0.195. The van der Waals surface area contributed by atoms with Gasteiger partial charge >= 0.3 is 12.1 Å². The maximum Gasteiger partial charge on any atom is 0.490 e. The highest BCUT2D eigenvalue weighted by molar-refractivity contribution is 9.10. The van der Waals surface area contributed by atoms with Crippen LogP contribution in [0.2, 0.25) is 0 Å². The molecule has 39 heavy (non-hydrogen) atoms. The molecule has 0 aliphatic heterocycles. The van der Waals surface area contributed by atoms with Crippen LogP contribution in [-0.4, -0.2) is 61.5 Å². The van der Waals surface area contributed by atoms with Crippen LogP contribution >= 0.6 is 15.9 Å². The Kier molecular flexibility index (Phi) is 8.37. The van der Waals surface area contributed by atoms with Gasteiger partial charge < -0.3 is 14.6 Å². The van der Waals surface area contributed by atoms with Crippen LogP contribution < -0.4 is 5.56 Å². The van der Waals surface area contributed by atoms with Crippen LogP contribution in [0.15, 0.2) is 38.4 Å². The van der Waals surface area contributed by atoms with Crippen molar-refractivity contribution in [3.05, 3.63) is 51.1 Å². The Morgan fingerprint density at radius 3 is 2.62 bits per heavy atom. The third kappa shape index (κ3) is 6.30. The maximum atomic E-state index is 13.2. The molecule has 0 amide bonds. The molecule has 0 fully saturated rings. The van der Waals surface area contributed by atoms with Crippen LogP contribution in [0.4, 0.5) is 13.2 Å². The van der Waals surface area contributed by atoms with Gasteiger partial charge in [-0.3, -0.25) is 14.3 Å². The van der Waals surface area contributed by atoms with E-state index in [9.17, 15) is 18.0 Å². The molecule has 0 bridgehead atoms. The SMILES string of the molecule is CCCCCn1c2nc(Br)[nH]c2c(=O)n2c(CCc3noc(-c4ccccn4)n3)nnc12.O=C(O)C(F)(F)F. The second-order valence-electron chi connectivity index (χ2n) is 8.18. The lowest BCUT2D eigenvalue weighted by molar-refractivity contribution is -0.192. The van der Waals surface area contributed by atoms with Crippen molar-refractivity contribution in [1.82, 2.24) is 44.3 Å². The molecule has 0 spiro atoms. The minimum atomic E-state index is -5.08. The Hall–Kier alpha value is -4.15. The summed E-state index contributed by atoms with van der Waals surface area (Å²) in [5.74, 6) is -0.876. The number of aliphatic carboxylic acids is 1. The van der Waals surface area contributed by atoms with E-state index in [1.165, 1.54) is 0 Å². The van der Waals surface area contributed by atoms with Gasteiger partial charge in [0, 0.05) is 25.6 Å². The molecule has 206 valence electrons. The summed E-state index contributed by atoms with van der Waals surface area (Å²) in [6, 6.07) is 5.48. The van der Waals surface area contributed by atoms with Crippen molar-refractivity contribution in [2.45, 2.75) is 51.7 Å². The largest absolute Gasteiger partial charge is 0.490 e. The highest BCUT2D eigenvalue weighted by Gasteiger charge is 2.38. The number of aromatic nitrogens is 9. The first kappa shape index (κ1) is 27.9. The van der Waals surface area contributed by atoms with Gasteiger partial charge in [0.2, 0.25) is 5.78 Å². The van der Waals surface area contributed by atoms with E-state index in [-0.39, 0.29) is 5.56 Å². The Labute approximate surface area is 225 Å². The number of aryl methyl sites for hydroxylation is 3. The molecule has 13 nitrogen and oxygen atoms in total. The van der Waals surface area contributed by atoms with E-state index in [0.717, 1.165) is 19.3 Å². The molecular weight excluding hydrogens is 591 g/mol. The fourth-order valence-corrected chi connectivity index (χ4v) is 4.00. The molecule has 17 heteroatoms. The van der Waals surface area contributed by atoms with E-state index in [4.69, 9.17) is 14.4 Å². The number of carbonyl (C=O) groups is 1. The number of halogens is 4. The predicted octanol–water partition coefficient (Wildman–Crippen LogP) is 3.58. The number of imidazole rings is 1. The van der Waals surface area contributed by atoms with Crippen molar-refractivity contribution in [2.24, 2.45) is 0 Å². The molecule has 0 saturated heterocycles. The van der Waals surface area contributed by atoms with Gasteiger partial charge in [0.05, 0.1) is 0 Å². The summed E-state index contributed by atoms with van der Waals surface area (Å²) >= 11 is 3.34. The molecule has 2 N–H and O–H groups in total. The lowest BCUT2D eigenvalue weighted by Crippen LogP contribution is -2.21. The van der Waals surface area contributed by atoms with Crippen LogP contribution in [0.5, 0.6) is 0 Å². The molecule has 5 aromatic heterocycles. The average molecular weight is 612 g/mol. The van der Waals surface area contributed by atoms with Gasteiger partial charge in [-0.1, -0.05) is 31.0 Å². The van der Waals surface area contributed by atoms with Gasteiger partial charge in [0.15, 0.2) is 21.7 Å². The van der Waals surface area contributed by atoms with Gasteiger partial charge in [-0.2, -0.15) is 18.2 Å². The van der Waals surface area contributed by atoms with Crippen LogP contribution in [0.3, 0.4) is 0 Å². The van der Waals surface area contributed by atoms with Crippen molar-refractivity contribution < 1.29 is 27.6 Å². The summed E-state index contributed by atoms with van der Waals surface area (Å²) in [6.45, 7) is 2.84. The third-order valence-electron chi connectivity index (χ3n) is 5.43. The summed E-state index contributed by atoms with van der Waals surface area (Å²) in [5.41, 5.74) is 1.37. The summed E-state index contributed by atoms with van der Waals surface area (Å²) in [7, 11) is 0. The van der Waals surface area contributed by atoms with Crippen molar-refractivity contribution in [1.29, 1.82) is 0 Å². The molecule has 5 aromatic rings. The van der Waals surface area contributed by atoms with Crippen LogP contribution in [0.1, 0.15) is 37.8 Å². The standard InChI is InChI=1S/C20H20BrN9O2.C2HF3O2/c1-2-3-6-11-29-16-15(24-19(21)25-16)18(31)30-14(26-27-20(29)30)9-8-13-23-17(32-28-13)12-7-4-5-10-22-12;3-2(4,5)1(6)7/h4-5,7,10H,2-3,6,8-9,11H2,1H3,(H,24,25);(H,6,7). The first-order valence-corrected chi connectivity index (χ1v) is 12.5. The first-order chi connectivity index (χ1) is 18.6. The smallest absolute Gasteiger partial charge is 0.475 e. The van der Waals surface area contributed by atoms with Gasteiger partial charge in [0.1, 0.15) is 11.5 Å². The molecule has 0 aliphatic carbocycles. The number of hydrogen-bond donors (Lipinski definition) is 2.